The molecule has 0 saturated carbocycles. The molecule has 0 unspecified atom stereocenters. The Morgan fingerprint density at radius 1 is 1.47 bits per heavy atom. The molecule has 2 rings (SSSR count). The van der Waals surface area contributed by atoms with Crippen LogP contribution in [0.1, 0.15) is 36.7 Å². The molecular weight excluding hydrogens is 210 g/mol. The van der Waals surface area contributed by atoms with E-state index in [4.69, 9.17) is 0 Å². The Labute approximate surface area is 101 Å². The van der Waals surface area contributed by atoms with Crippen molar-refractivity contribution in [2.75, 3.05) is 7.05 Å². The highest BCUT2D eigenvalue weighted by molar-refractivity contribution is 6.03. The van der Waals surface area contributed by atoms with Crippen molar-refractivity contribution in [1.29, 1.82) is 0 Å². The lowest BCUT2D eigenvalue weighted by atomic mass is 10.1. The SMILES string of the molecule is C=Cc1[nH]c2c(C(C)C)nccc2c1C=NC. The second-order valence-corrected chi connectivity index (χ2v) is 4.32. The minimum atomic E-state index is 0.390. The fraction of sp³-hybridized carbons (Fsp3) is 0.286. The van der Waals surface area contributed by atoms with E-state index < -0.39 is 0 Å². The van der Waals surface area contributed by atoms with Crippen molar-refractivity contribution in [3.63, 3.8) is 0 Å². The van der Waals surface area contributed by atoms with E-state index in [1.54, 1.807) is 7.05 Å². The topological polar surface area (TPSA) is 41.0 Å². The molecule has 0 bridgehead atoms. The molecule has 0 aliphatic rings. The smallest absolute Gasteiger partial charge is 0.0687 e. The van der Waals surface area contributed by atoms with Gasteiger partial charge in [-0.05, 0) is 18.1 Å². The number of pyridine rings is 1. The molecule has 0 amide bonds. The van der Waals surface area contributed by atoms with E-state index in [0.29, 0.717) is 5.92 Å². The third kappa shape index (κ3) is 1.88. The first-order valence-electron chi connectivity index (χ1n) is 5.74. The van der Waals surface area contributed by atoms with E-state index in [0.717, 1.165) is 27.9 Å². The van der Waals surface area contributed by atoms with Crippen LogP contribution in [0.15, 0.2) is 23.8 Å². The molecule has 0 radical (unpaired) electrons. The Kier molecular flexibility index (Phi) is 3.09. The monoisotopic (exact) mass is 227 g/mol. The van der Waals surface area contributed by atoms with E-state index in [1.807, 2.05) is 24.6 Å². The molecule has 2 aromatic rings. The van der Waals surface area contributed by atoms with E-state index in [1.165, 1.54) is 0 Å². The van der Waals surface area contributed by atoms with Crippen LogP contribution < -0.4 is 0 Å². The number of rotatable bonds is 3. The summed E-state index contributed by atoms with van der Waals surface area (Å²) >= 11 is 0. The van der Waals surface area contributed by atoms with Gasteiger partial charge >= 0.3 is 0 Å². The number of nitrogens with one attached hydrogen (secondary N) is 1. The van der Waals surface area contributed by atoms with Crippen molar-refractivity contribution in [3.05, 3.63) is 35.8 Å². The van der Waals surface area contributed by atoms with Gasteiger partial charge in [0.25, 0.3) is 0 Å². The van der Waals surface area contributed by atoms with Gasteiger partial charge in [-0.3, -0.25) is 9.98 Å². The fourth-order valence-corrected chi connectivity index (χ4v) is 2.05. The van der Waals surface area contributed by atoms with Gasteiger partial charge in [-0.25, -0.2) is 0 Å². The quantitative estimate of drug-likeness (QED) is 0.802. The van der Waals surface area contributed by atoms with Gasteiger partial charge in [-0.2, -0.15) is 0 Å². The Balaban J connectivity index is 2.81. The van der Waals surface area contributed by atoms with Crippen molar-refractivity contribution in [1.82, 2.24) is 9.97 Å². The van der Waals surface area contributed by atoms with Crippen molar-refractivity contribution < 1.29 is 0 Å². The first kappa shape index (κ1) is 11.6. The Bertz CT molecular complexity index is 576. The van der Waals surface area contributed by atoms with E-state index >= 15 is 0 Å². The number of hydrogen-bond donors (Lipinski definition) is 1. The van der Waals surface area contributed by atoms with Gasteiger partial charge in [0, 0.05) is 36.1 Å². The maximum Gasteiger partial charge on any atom is 0.0687 e. The molecular formula is C14H17N3. The maximum absolute atomic E-state index is 4.45. The highest BCUT2D eigenvalue weighted by Gasteiger charge is 2.13. The number of H-pyrrole nitrogens is 1. The lowest BCUT2D eigenvalue weighted by Crippen LogP contribution is -1.93. The summed E-state index contributed by atoms with van der Waals surface area (Å²) in [5.41, 5.74) is 4.26. The second-order valence-electron chi connectivity index (χ2n) is 4.32. The molecule has 2 heterocycles. The van der Waals surface area contributed by atoms with Crippen LogP contribution in [0.25, 0.3) is 17.0 Å². The minimum Gasteiger partial charge on any atom is -0.353 e. The average molecular weight is 227 g/mol. The van der Waals surface area contributed by atoms with Crippen LogP contribution in [0.5, 0.6) is 0 Å². The molecule has 3 heteroatoms. The second kappa shape index (κ2) is 4.53. The number of aliphatic imine (C=N–C) groups is 1. The standard InChI is InChI=1S/C14H17N3/c1-5-12-11(8-15-4)10-6-7-16-13(9(2)3)14(10)17-12/h5-9,17H,1H2,2-4H3. The number of aromatic nitrogens is 2. The molecule has 17 heavy (non-hydrogen) atoms. The Hall–Kier alpha value is -1.90. The lowest BCUT2D eigenvalue weighted by Gasteiger charge is -2.04. The molecule has 0 atom stereocenters. The van der Waals surface area contributed by atoms with E-state index in [-0.39, 0.29) is 0 Å². The number of nitrogens with zero attached hydrogens (tertiary/aromatic N) is 2. The predicted molar refractivity (Wildman–Crippen MR) is 73.8 cm³/mol. The molecule has 0 spiro atoms. The maximum atomic E-state index is 4.45. The molecule has 0 fully saturated rings. The molecule has 0 aliphatic carbocycles. The summed E-state index contributed by atoms with van der Waals surface area (Å²) < 4.78 is 0. The summed E-state index contributed by atoms with van der Waals surface area (Å²) in [6, 6.07) is 2.02. The zero-order valence-corrected chi connectivity index (χ0v) is 10.5. The molecule has 1 N–H and O–H groups in total. The van der Waals surface area contributed by atoms with Crippen LogP contribution in [-0.2, 0) is 0 Å². The van der Waals surface area contributed by atoms with Gasteiger partial charge in [-0.1, -0.05) is 20.4 Å². The van der Waals surface area contributed by atoms with E-state index in [9.17, 15) is 0 Å². The predicted octanol–water partition coefficient (Wildman–Crippen LogP) is 3.38. The highest BCUT2D eigenvalue weighted by Crippen LogP contribution is 2.27. The summed E-state index contributed by atoms with van der Waals surface area (Å²) in [7, 11) is 1.77. The summed E-state index contributed by atoms with van der Waals surface area (Å²) in [6.45, 7) is 8.12. The third-order valence-electron chi connectivity index (χ3n) is 2.83. The molecule has 2 aromatic heterocycles. The Morgan fingerprint density at radius 2 is 2.24 bits per heavy atom. The van der Waals surface area contributed by atoms with Crippen LogP contribution in [-0.4, -0.2) is 23.2 Å². The van der Waals surface area contributed by atoms with Crippen molar-refractivity contribution >= 4 is 23.2 Å². The van der Waals surface area contributed by atoms with Gasteiger partial charge in [-0.15, -0.1) is 0 Å². The largest absolute Gasteiger partial charge is 0.353 e. The number of fused-ring (bicyclic) bond motifs is 1. The van der Waals surface area contributed by atoms with Gasteiger partial charge in [0.05, 0.1) is 11.2 Å². The van der Waals surface area contributed by atoms with Gasteiger partial charge in [0.2, 0.25) is 0 Å². The normalized spacial score (nSPS) is 11.8. The minimum absolute atomic E-state index is 0.390. The van der Waals surface area contributed by atoms with Crippen LogP contribution >= 0.6 is 0 Å². The van der Waals surface area contributed by atoms with Gasteiger partial charge in [0.15, 0.2) is 0 Å². The van der Waals surface area contributed by atoms with Crippen LogP contribution in [0, 0.1) is 0 Å². The number of hydrogen-bond acceptors (Lipinski definition) is 2. The van der Waals surface area contributed by atoms with Gasteiger partial charge < -0.3 is 4.98 Å². The molecule has 0 aromatic carbocycles. The fourth-order valence-electron chi connectivity index (χ4n) is 2.05. The average Bonchev–Trinajstić information content (AvgIpc) is 2.67. The first-order valence-corrected chi connectivity index (χ1v) is 5.74. The zero-order valence-electron chi connectivity index (χ0n) is 10.5. The number of aromatic amines is 1. The van der Waals surface area contributed by atoms with Crippen LogP contribution in [0.4, 0.5) is 0 Å². The van der Waals surface area contributed by atoms with Gasteiger partial charge in [0.1, 0.15) is 0 Å². The molecule has 3 nitrogen and oxygen atoms in total. The summed E-state index contributed by atoms with van der Waals surface area (Å²) in [4.78, 5) is 11.9. The summed E-state index contributed by atoms with van der Waals surface area (Å²) in [5, 5.41) is 1.16. The Morgan fingerprint density at radius 3 is 2.82 bits per heavy atom. The van der Waals surface area contributed by atoms with Crippen LogP contribution in [0.3, 0.4) is 0 Å². The van der Waals surface area contributed by atoms with Crippen LogP contribution in [0.2, 0.25) is 0 Å². The molecule has 0 aliphatic heterocycles. The molecule has 88 valence electrons. The first-order chi connectivity index (χ1) is 8.19. The van der Waals surface area contributed by atoms with Crippen molar-refractivity contribution in [2.45, 2.75) is 19.8 Å². The summed E-state index contributed by atoms with van der Waals surface area (Å²) in [6.07, 6.45) is 5.53. The van der Waals surface area contributed by atoms with Crippen molar-refractivity contribution in [2.24, 2.45) is 4.99 Å². The summed E-state index contributed by atoms with van der Waals surface area (Å²) in [5.74, 6) is 0.390. The zero-order chi connectivity index (χ0) is 12.4. The lowest BCUT2D eigenvalue weighted by molar-refractivity contribution is 0.831. The molecule has 0 saturated heterocycles. The van der Waals surface area contributed by atoms with Crippen molar-refractivity contribution in [3.8, 4) is 0 Å². The highest BCUT2D eigenvalue weighted by atomic mass is 14.8. The van der Waals surface area contributed by atoms with E-state index in [2.05, 4.69) is 35.4 Å². The third-order valence-corrected chi connectivity index (χ3v) is 2.83.